The van der Waals surface area contributed by atoms with E-state index in [4.69, 9.17) is 0 Å². The molecule has 0 aliphatic heterocycles. The van der Waals surface area contributed by atoms with Gasteiger partial charge in [0.2, 0.25) is 0 Å². The number of benzene rings is 2. The number of ether oxygens (including phenoxy) is 1. The molecule has 0 amide bonds. The molecule has 0 unspecified atom stereocenters. The predicted molar refractivity (Wildman–Crippen MR) is 81.8 cm³/mol. The van der Waals surface area contributed by atoms with Crippen LogP contribution < -0.4 is 0 Å². The molecule has 2 rings (SSSR count). The molecular formula is C18H20O2. The summed E-state index contributed by atoms with van der Waals surface area (Å²) in [6, 6.07) is 12.5. The fourth-order valence-electron chi connectivity index (χ4n) is 2.66. The molecule has 0 spiro atoms. The smallest absolute Gasteiger partial charge is 0.309 e. The van der Waals surface area contributed by atoms with E-state index in [1.807, 2.05) is 12.1 Å². The van der Waals surface area contributed by atoms with Crippen molar-refractivity contribution in [1.82, 2.24) is 0 Å². The van der Waals surface area contributed by atoms with Crippen molar-refractivity contribution in [2.24, 2.45) is 0 Å². The van der Waals surface area contributed by atoms with Crippen LogP contribution in [-0.4, -0.2) is 13.1 Å². The molecule has 0 bridgehead atoms. The van der Waals surface area contributed by atoms with Crippen molar-refractivity contribution in [1.29, 1.82) is 0 Å². The number of carbonyl (C=O) groups is 1. The lowest BCUT2D eigenvalue weighted by Gasteiger charge is -2.12. The second-order valence-corrected chi connectivity index (χ2v) is 5.22. The Kier molecular flexibility index (Phi) is 4.23. The number of hydrogen-bond donors (Lipinski definition) is 0. The summed E-state index contributed by atoms with van der Waals surface area (Å²) in [6.07, 6.45) is 0.322. The summed E-state index contributed by atoms with van der Waals surface area (Å²) in [5.41, 5.74) is 7.29. The van der Waals surface area contributed by atoms with Crippen molar-refractivity contribution in [3.63, 3.8) is 0 Å². The molecule has 20 heavy (non-hydrogen) atoms. The Morgan fingerprint density at radius 2 is 1.55 bits per heavy atom. The molecule has 0 heterocycles. The first-order chi connectivity index (χ1) is 9.51. The summed E-state index contributed by atoms with van der Waals surface area (Å²) >= 11 is 0. The van der Waals surface area contributed by atoms with Gasteiger partial charge in [0.05, 0.1) is 13.5 Å². The van der Waals surface area contributed by atoms with Crippen LogP contribution in [0.5, 0.6) is 0 Å². The zero-order valence-electron chi connectivity index (χ0n) is 12.5. The van der Waals surface area contributed by atoms with Crippen molar-refractivity contribution in [3.8, 4) is 11.1 Å². The average molecular weight is 268 g/mol. The summed E-state index contributed by atoms with van der Waals surface area (Å²) in [5.74, 6) is -0.208. The minimum absolute atomic E-state index is 0.208. The molecule has 0 saturated carbocycles. The molecular weight excluding hydrogens is 248 g/mol. The van der Waals surface area contributed by atoms with Crippen LogP contribution in [0.4, 0.5) is 0 Å². The third-order valence-corrected chi connectivity index (χ3v) is 3.50. The fraction of sp³-hybridized carbons (Fsp3) is 0.278. The fourth-order valence-corrected chi connectivity index (χ4v) is 2.66. The topological polar surface area (TPSA) is 26.3 Å². The molecule has 2 nitrogen and oxygen atoms in total. The monoisotopic (exact) mass is 268 g/mol. The van der Waals surface area contributed by atoms with E-state index in [-0.39, 0.29) is 5.97 Å². The Balaban J connectivity index is 2.33. The molecule has 0 aromatic heterocycles. The first kappa shape index (κ1) is 14.3. The maximum absolute atomic E-state index is 11.3. The second kappa shape index (κ2) is 5.91. The van der Waals surface area contributed by atoms with Crippen LogP contribution in [0.25, 0.3) is 11.1 Å². The summed E-state index contributed by atoms with van der Waals surface area (Å²) in [5, 5.41) is 0. The lowest BCUT2D eigenvalue weighted by molar-refractivity contribution is -0.139. The molecule has 0 aliphatic carbocycles. The minimum atomic E-state index is -0.208. The van der Waals surface area contributed by atoms with Gasteiger partial charge < -0.3 is 4.74 Å². The van der Waals surface area contributed by atoms with Crippen molar-refractivity contribution < 1.29 is 9.53 Å². The molecule has 0 atom stereocenters. The van der Waals surface area contributed by atoms with Gasteiger partial charge in [-0.3, -0.25) is 4.79 Å². The third-order valence-electron chi connectivity index (χ3n) is 3.50. The van der Waals surface area contributed by atoms with Crippen molar-refractivity contribution in [2.75, 3.05) is 7.11 Å². The van der Waals surface area contributed by atoms with Crippen molar-refractivity contribution >= 4 is 5.97 Å². The van der Waals surface area contributed by atoms with E-state index in [2.05, 4.69) is 49.8 Å². The number of esters is 1. The van der Waals surface area contributed by atoms with Gasteiger partial charge >= 0.3 is 5.97 Å². The summed E-state index contributed by atoms with van der Waals surface area (Å²) in [7, 11) is 1.41. The maximum atomic E-state index is 11.3. The Labute approximate surface area is 120 Å². The van der Waals surface area contributed by atoms with Crippen LogP contribution in [0.3, 0.4) is 0 Å². The van der Waals surface area contributed by atoms with Gasteiger partial charge in [-0.25, -0.2) is 0 Å². The normalized spacial score (nSPS) is 10.4. The lowest BCUT2D eigenvalue weighted by Crippen LogP contribution is -2.04. The predicted octanol–water partition coefficient (Wildman–Crippen LogP) is 3.99. The van der Waals surface area contributed by atoms with E-state index < -0.39 is 0 Å². The Morgan fingerprint density at radius 1 is 1.00 bits per heavy atom. The Bertz CT molecular complexity index is 601. The number of methoxy groups -OCH3 is 1. The van der Waals surface area contributed by atoms with Gasteiger partial charge in [0.15, 0.2) is 0 Å². The van der Waals surface area contributed by atoms with Gasteiger partial charge in [-0.05, 0) is 48.6 Å². The molecule has 2 aromatic carbocycles. The first-order valence-electron chi connectivity index (χ1n) is 6.75. The zero-order valence-corrected chi connectivity index (χ0v) is 12.5. The highest BCUT2D eigenvalue weighted by Crippen LogP contribution is 2.28. The van der Waals surface area contributed by atoms with Crippen LogP contribution in [0.15, 0.2) is 36.4 Å². The minimum Gasteiger partial charge on any atom is -0.469 e. The van der Waals surface area contributed by atoms with E-state index >= 15 is 0 Å². The molecule has 104 valence electrons. The third kappa shape index (κ3) is 3.08. The van der Waals surface area contributed by atoms with Gasteiger partial charge in [0, 0.05) is 0 Å². The Hall–Kier alpha value is -2.09. The van der Waals surface area contributed by atoms with E-state index in [0.29, 0.717) is 6.42 Å². The molecule has 0 aliphatic rings. The van der Waals surface area contributed by atoms with Gasteiger partial charge in [-0.15, -0.1) is 0 Å². The van der Waals surface area contributed by atoms with E-state index in [9.17, 15) is 4.79 Å². The van der Waals surface area contributed by atoms with Crippen molar-refractivity contribution in [2.45, 2.75) is 27.2 Å². The molecule has 2 aromatic rings. The molecule has 0 radical (unpaired) electrons. The summed E-state index contributed by atoms with van der Waals surface area (Å²) < 4.78 is 4.68. The van der Waals surface area contributed by atoms with E-state index in [0.717, 1.165) is 5.56 Å². The average Bonchev–Trinajstić information content (AvgIpc) is 2.39. The highest BCUT2D eigenvalue weighted by Gasteiger charge is 2.08. The number of aryl methyl sites for hydroxylation is 3. The second-order valence-electron chi connectivity index (χ2n) is 5.22. The van der Waals surface area contributed by atoms with E-state index in [1.54, 1.807) is 0 Å². The zero-order chi connectivity index (χ0) is 14.7. The van der Waals surface area contributed by atoms with Gasteiger partial charge in [-0.2, -0.15) is 0 Å². The molecule has 2 heteroatoms. The largest absolute Gasteiger partial charge is 0.469 e. The molecule has 0 fully saturated rings. The van der Waals surface area contributed by atoms with Gasteiger partial charge in [-0.1, -0.05) is 42.0 Å². The highest BCUT2D eigenvalue weighted by molar-refractivity contribution is 5.74. The number of hydrogen-bond acceptors (Lipinski definition) is 2. The lowest BCUT2D eigenvalue weighted by atomic mass is 9.93. The molecule has 0 saturated heterocycles. The summed E-state index contributed by atoms with van der Waals surface area (Å²) in [4.78, 5) is 11.3. The quantitative estimate of drug-likeness (QED) is 0.787. The SMILES string of the molecule is COC(=O)Cc1ccc(-c2c(C)cc(C)cc2C)cc1. The molecule has 0 N–H and O–H groups in total. The maximum Gasteiger partial charge on any atom is 0.309 e. The van der Waals surface area contributed by atoms with Crippen LogP contribution >= 0.6 is 0 Å². The van der Waals surface area contributed by atoms with Gasteiger partial charge in [0.25, 0.3) is 0 Å². The van der Waals surface area contributed by atoms with Crippen LogP contribution in [0, 0.1) is 20.8 Å². The first-order valence-corrected chi connectivity index (χ1v) is 6.75. The number of carbonyl (C=O) groups excluding carboxylic acids is 1. The number of rotatable bonds is 3. The van der Waals surface area contributed by atoms with Gasteiger partial charge in [0.1, 0.15) is 0 Å². The van der Waals surface area contributed by atoms with Crippen LogP contribution in [0.1, 0.15) is 22.3 Å². The van der Waals surface area contributed by atoms with Crippen LogP contribution in [-0.2, 0) is 16.0 Å². The van der Waals surface area contributed by atoms with E-state index in [1.165, 1.54) is 34.9 Å². The van der Waals surface area contributed by atoms with Crippen LogP contribution in [0.2, 0.25) is 0 Å². The highest BCUT2D eigenvalue weighted by atomic mass is 16.5. The van der Waals surface area contributed by atoms with Crippen molar-refractivity contribution in [3.05, 3.63) is 58.7 Å². The summed E-state index contributed by atoms with van der Waals surface area (Å²) in [6.45, 7) is 6.39. The Morgan fingerprint density at radius 3 is 2.05 bits per heavy atom. The standard InChI is InChI=1S/C18H20O2/c1-12-9-13(2)18(14(3)10-12)16-7-5-15(6-8-16)11-17(19)20-4/h5-10H,11H2,1-4H3.